The van der Waals surface area contributed by atoms with Crippen molar-refractivity contribution in [3.63, 3.8) is 0 Å². The average Bonchev–Trinajstić information content (AvgIpc) is 3.45. The molecule has 0 radical (unpaired) electrons. The molecule has 1 saturated heterocycles. The molecule has 0 aromatic heterocycles. The van der Waals surface area contributed by atoms with Crippen LogP contribution in [-0.4, -0.2) is 90.1 Å². The lowest BCUT2D eigenvalue weighted by Gasteiger charge is -2.41. The molecule has 280 valence electrons. The highest BCUT2D eigenvalue weighted by Crippen LogP contribution is 2.40. The summed E-state index contributed by atoms with van der Waals surface area (Å²) in [6.45, 7) is 16.2. The van der Waals surface area contributed by atoms with Gasteiger partial charge < -0.3 is 26.2 Å². The SMILES string of the molecule is C#CCCC(NC(=O)C1C(C(C)(C)C)CCN1C(=O)[C@@H](NC(=O)NC1(CS(=O)(=O)C(C)(C)C)CCCCC1)C(C)(C)C)C(=O)C(=O)NCC#C. The lowest BCUT2D eigenvalue weighted by molar-refractivity contribution is -0.145. The average molecular weight is 718 g/mol. The number of ketones is 1. The van der Waals surface area contributed by atoms with Crippen LogP contribution in [0.3, 0.4) is 0 Å². The maximum Gasteiger partial charge on any atom is 0.315 e. The summed E-state index contributed by atoms with van der Waals surface area (Å²) in [5, 5.41) is 10.9. The molecule has 12 nitrogen and oxygen atoms in total. The number of likely N-dealkylation sites (tertiary alicyclic amines) is 1. The van der Waals surface area contributed by atoms with Gasteiger partial charge >= 0.3 is 6.03 Å². The number of sulfone groups is 1. The van der Waals surface area contributed by atoms with E-state index < -0.39 is 78.6 Å². The van der Waals surface area contributed by atoms with E-state index >= 15 is 0 Å². The molecule has 1 aliphatic carbocycles. The first kappa shape index (κ1) is 42.6. The number of urea groups is 1. The van der Waals surface area contributed by atoms with Gasteiger partial charge in [-0.1, -0.05) is 66.7 Å². The van der Waals surface area contributed by atoms with Crippen LogP contribution in [0.15, 0.2) is 0 Å². The summed E-state index contributed by atoms with van der Waals surface area (Å²) in [4.78, 5) is 69.4. The predicted octanol–water partition coefficient (Wildman–Crippen LogP) is 3.10. The quantitative estimate of drug-likeness (QED) is 0.178. The standard InChI is InChI=1S/C37H59N5O7S/c1-12-14-18-26(28(43)31(45)38-22-13-2)39-30(44)27-25(34(3,4)5)19-23-42(27)32(46)29(35(6,7)8)40-33(47)41-37(20-16-15-17-21-37)24-50(48,49)36(9,10)11/h1-2,25-27,29H,14-24H2,3-11H3,(H,38,45)(H,39,44)(H2,40,41,47)/t25?,26?,27?,29-/m1/s1. The molecule has 0 bridgehead atoms. The van der Waals surface area contributed by atoms with Crippen molar-refractivity contribution in [2.45, 2.75) is 142 Å². The summed E-state index contributed by atoms with van der Waals surface area (Å²) in [6, 6.07) is -4.01. The number of amides is 5. The van der Waals surface area contributed by atoms with Gasteiger partial charge in [-0.2, -0.15) is 0 Å². The second kappa shape index (κ2) is 16.6. The number of carbonyl (C=O) groups is 5. The van der Waals surface area contributed by atoms with Gasteiger partial charge in [0.1, 0.15) is 12.1 Å². The van der Waals surface area contributed by atoms with Gasteiger partial charge in [-0.25, -0.2) is 13.2 Å². The van der Waals surface area contributed by atoms with Gasteiger partial charge in [-0.15, -0.1) is 18.8 Å². The molecular formula is C37H59N5O7S. The van der Waals surface area contributed by atoms with Gasteiger partial charge in [0.15, 0.2) is 9.84 Å². The summed E-state index contributed by atoms with van der Waals surface area (Å²) < 4.78 is 25.6. The first-order valence-electron chi connectivity index (χ1n) is 17.5. The molecule has 2 aliphatic rings. The fourth-order valence-corrected chi connectivity index (χ4v) is 8.26. The third-order valence-corrected chi connectivity index (χ3v) is 12.6. The van der Waals surface area contributed by atoms with E-state index in [0.717, 1.165) is 19.3 Å². The third kappa shape index (κ3) is 11.0. The molecular weight excluding hydrogens is 659 g/mol. The minimum atomic E-state index is -3.59. The molecule has 3 unspecified atom stereocenters. The summed E-state index contributed by atoms with van der Waals surface area (Å²) in [5.74, 6) is 1.16. The summed E-state index contributed by atoms with van der Waals surface area (Å²) >= 11 is 0. The van der Waals surface area contributed by atoms with E-state index in [0.29, 0.717) is 19.3 Å². The fourth-order valence-electron chi connectivity index (χ4n) is 6.74. The number of terminal acetylenes is 2. The predicted molar refractivity (Wildman–Crippen MR) is 194 cm³/mol. The van der Waals surface area contributed by atoms with Crippen molar-refractivity contribution in [2.75, 3.05) is 18.8 Å². The Balaban J connectivity index is 2.43. The fraction of sp³-hybridized carbons (Fsp3) is 0.757. The van der Waals surface area contributed by atoms with Crippen molar-refractivity contribution >= 4 is 39.4 Å². The Labute approximate surface area is 299 Å². The molecule has 13 heteroatoms. The van der Waals surface area contributed by atoms with Crippen LogP contribution in [-0.2, 0) is 29.0 Å². The van der Waals surface area contributed by atoms with E-state index in [-0.39, 0.29) is 37.6 Å². The molecule has 0 spiro atoms. The normalized spacial score (nSPS) is 20.7. The van der Waals surface area contributed by atoms with Crippen LogP contribution < -0.4 is 21.3 Å². The van der Waals surface area contributed by atoms with Crippen molar-refractivity contribution in [3.05, 3.63) is 0 Å². The van der Waals surface area contributed by atoms with Crippen LogP contribution in [0.5, 0.6) is 0 Å². The molecule has 5 amide bonds. The van der Waals surface area contributed by atoms with Crippen LogP contribution >= 0.6 is 0 Å². The third-order valence-electron chi connectivity index (χ3n) is 9.82. The maximum atomic E-state index is 14.5. The first-order chi connectivity index (χ1) is 22.9. The summed E-state index contributed by atoms with van der Waals surface area (Å²) in [6.07, 6.45) is 14.7. The van der Waals surface area contributed by atoms with Gasteiger partial charge in [0.2, 0.25) is 17.6 Å². The molecule has 1 heterocycles. The monoisotopic (exact) mass is 717 g/mol. The second-order valence-electron chi connectivity index (χ2n) is 16.9. The highest BCUT2D eigenvalue weighted by Gasteiger charge is 2.50. The Kier molecular flexibility index (Phi) is 14.2. The van der Waals surface area contributed by atoms with Crippen LogP contribution in [0.1, 0.15) is 114 Å². The Morgan fingerprint density at radius 3 is 2.00 bits per heavy atom. The Bertz CT molecular complexity index is 1460. The molecule has 2 rings (SSSR count). The maximum absolute atomic E-state index is 14.5. The molecule has 4 atom stereocenters. The molecule has 0 aromatic rings. The van der Waals surface area contributed by atoms with E-state index in [1.165, 1.54) is 4.90 Å². The highest BCUT2D eigenvalue weighted by molar-refractivity contribution is 7.92. The molecule has 1 saturated carbocycles. The van der Waals surface area contributed by atoms with Crippen molar-refractivity contribution < 1.29 is 32.4 Å². The van der Waals surface area contributed by atoms with E-state index in [9.17, 15) is 32.4 Å². The number of Topliss-reactive ketones (excluding diaryl/α,β-unsaturated/α-hetero) is 1. The van der Waals surface area contributed by atoms with E-state index in [4.69, 9.17) is 12.8 Å². The van der Waals surface area contributed by atoms with Crippen LogP contribution in [0.25, 0.3) is 0 Å². The molecule has 0 aromatic carbocycles. The van der Waals surface area contributed by atoms with E-state index in [1.807, 2.05) is 20.8 Å². The largest absolute Gasteiger partial charge is 0.344 e. The molecule has 50 heavy (non-hydrogen) atoms. The lowest BCUT2D eigenvalue weighted by atomic mass is 9.75. The van der Waals surface area contributed by atoms with Gasteiger partial charge in [0.05, 0.1) is 28.6 Å². The Morgan fingerprint density at radius 2 is 1.50 bits per heavy atom. The molecule has 1 aliphatic heterocycles. The van der Waals surface area contributed by atoms with Crippen molar-refractivity contribution in [3.8, 4) is 24.7 Å². The van der Waals surface area contributed by atoms with Crippen molar-refractivity contribution in [1.82, 2.24) is 26.2 Å². The Hall–Kier alpha value is -3.58. The second-order valence-corrected chi connectivity index (χ2v) is 19.6. The van der Waals surface area contributed by atoms with Crippen LogP contribution in [0.2, 0.25) is 0 Å². The van der Waals surface area contributed by atoms with Crippen LogP contribution in [0.4, 0.5) is 4.79 Å². The highest BCUT2D eigenvalue weighted by atomic mass is 32.2. The zero-order chi connectivity index (χ0) is 38.3. The van der Waals surface area contributed by atoms with Gasteiger partial charge in [0, 0.05) is 13.0 Å². The van der Waals surface area contributed by atoms with Gasteiger partial charge in [0.25, 0.3) is 5.91 Å². The lowest BCUT2D eigenvalue weighted by Crippen LogP contribution is -2.64. The van der Waals surface area contributed by atoms with E-state index in [1.54, 1.807) is 41.5 Å². The molecule has 2 fully saturated rings. The van der Waals surface area contributed by atoms with Gasteiger partial charge in [-0.3, -0.25) is 19.2 Å². The van der Waals surface area contributed by atoms with Crippen molar-refractivity contribution in [2.24, 2.45) is 16.7 Å². The smallest absolute Gasteiger partial charge is 0.315 e. The number of hydrogen-bond acceptors (Lipinski definition) is 7. The van der Waals surface area contributed by atoms with E-state index in [2.05, 4.69) is 33.1 Å². The van der Waals surface area contributed by atoms with Gasteiger partial charge in [-0.05, 0) is 63.2 Å². The number of rotatable bonds is 12. The summed E-state index contributed by atoms with van der Waals surface area (Å²) in [7, 11) is -3.59. The zero-order valence-corrected chi connectivity index (χ0v) is 32.3. The number of hydrogen-bond donors (Lipinski definition) is 4. The minimum absolute atomic E-state index is 0.00439. The topological polar surface area (TPSA) is 171 Å². The number of nitrogens with one attached hydrogen (secondary N) is 4. The Morgan fingerprint density at radius 1 is 0.900 bits per heavy atom. The van der Waals surface area contributed by atoms with Crippen molar-refractivity contribution in [1.29, 1.82) is 0 Å². The molecule has 4 N–H and O–H groups in total. The summed E-state index contributed by atoms with van der Waals surface area (Å²) in [5.41, 5.74) is -2.24. The number of carbonyl (C=O) groups excluding carboxylic acids is 5. The minimum Gasteiger partial charge on any atom is -0.344 e. The first-order valence-corrected chi connectivity index (χ1v) is 19.2. The number of nitrogens with zero attached hydrogens (tertiary/aromatic N) is 1. The van der Waals surface area contributed by atoms with Crippen LogP contribution in [0, 0.1) is 41.4 Å². The zero-order valence-electron chi connectivity index (χ0n) is 31.5.